The van der Waals surface area contributed by atoms with Gasteiger partial charge in [-0.05, 0) is 49.4 Å². The van der Waals surface area contributed by atoms with Crippen molar-refractivity contribution in [3.63, 3.8) is 0 Å². The molecule has 0 radical (unpaired) electrons. The van der Waals surface area contributed by atoms with Crippen LogP contribution < -0.4 is 5.32 Å². The minimum absolute atomic E-state index is 0.0328. The molecule has 0 bridgehead atoms. The summed E-state index contributed by atoms with van der Waals surface area (Å²) in [5.41, 5.74) is 0.616. The third-order valence-corrected chi connectivity index (χ3v) is 3.72. The zero-order valence-electron chi connectivity index (χ0n) is 10.9. The molecule has 0 saturated heterocycles. The Labute approximate surface area is 108 Å². The van der Waals surface area contributed by atoms with E-state index in [9.17, 15) is 9.90 Å². The lowest BCUT2D eigenvalue weighted by molar-refractivity contribution is 0.0933. The van der Waals surface area contributed by atoms with Crippen LogP contribution in [-0.4, -0.2) is 17.1 Å². The second-order valence-electron chi connectivity index (χ2n) is 5.33. The molecule has 98 valence electrons. The molecule has 1 aromatic rings. The van der Waals surface area contributed by atoms with Crippen molar-refractivity contribution in [3.05, 3.63) is 29.8 Å². The molecule has 2 N–H and O–H groups in total. The molecule has 18 heavy (non-hydrogen) atoms. The Morgan fingerprint density at radius 3 is 2.61 bits per heavy atom. The highest BCUT2D eigenvalue weighted by Crippen LogP contribution is 2.22. The van der Waals surface area contributed by atoms with E-state index < -0.39 is 0 Å². The molecular formula is C15H21NO2. The average Bonchev–Trinajstić information content (AvgIpc) is 2.55. The topological polar surface area (TPSA) is 49.3 Å². The Balaban J connectivity index is 1.92. The number of amides is 1. The van der Waals surface area contributed by atoms with Gasteiger partial charge in [0.05, 0.1) is 0 Å². The summed E-state index contributed by atoms with van der Waals surface area (Å²) in [6, 6.07) is 6.71. The molecule has 0 aliphatic heterocycles. The maximum Gasteiger partial charge on any atom is 0.251 e. The Morgan fingerprint density at radius 2 is 1.89 bits per heavy atom. The van der Waals surface area contributed by atoms with Crippen LogP contribution in [0.3, 0.4) is 0 Å². The average molecular weight is 247 g/mol. The SMILES string of the molecule is CC1CCCC(NC(=O)c2ccc(O)cc2)CC1. The quantitative estimate of drug-likeness (QED) is 0.789. The number of rotatable bonds is 2. The zero-order valence-corrected chi connectivity index (χ0v) is 10.9. The molecule has 0 heterocycles. The molecule has 1 aliphatic rings. The summed E-state index contributed by atoms with van der Waals surface area (Å²) >= 11 is 0. The third kappa shape index (κ3) is 3.49. The lowest BCUT2D eigenvalue weighted by Crippen LogP contribution is -2.34. The third-order valence-electron chi connectivity index (χ3n) is 3.72. The fourth-order valence-electron chi connectivity index (χ4n) is 2.51. The van der Waals surface area contributed by atoms with Crippen LogP contribution in [0.25, 0.3) is 0 Å². The fourth-order valence-corrected chi connectivity index (χ4v) is 2.51. The first-order chi connectivity index (χ1) is 8.65. The highest BCUT2D eigenvalue weighted by Gasteiger charge is 2.18. The fraction of sp³-hybridized carbons (Fsp3) is 0.533. The number of phenols is 1. The van der Waals surface area contributed by atoms with Gasteiger partial charge in [-0.15, -0.1) is 0 Å². The number of nitrogens with one attached hydrogen (secondary N) is 1. The Bertz CT molecular complexity index is 399. The molecule has 3 nitrogen and oxygen atoms in total. The Morgan fingerprint density at radius 1 is 1.17 bits per heavy atom. The molecule has 1 amide bonds. The summed E-state index contributed by atoms with van der Waals surface area (Å²) in [6.45, 7) is 2.28. The molecule has 3 heteroatoms. The molecule has 1 saturated carbocycles. The molecule has 0 aromatic heterocycles. The van der Waals surface area contributed by atoms with Crippen molar-refractivity contribution >= 4 is 5.91 Å². The van der Waals surface area contributed by atoms with Crippen molar-refractivity contribution in [1.29, 1.82) is 0 Å². The second kappa shape index (κ2) is 5.89. The van der Waals surface area contributed by atoms with Gasteiger partial charge >= 0.3 is 0 Å². The van der Waals surface area contributed by atoms with Crippen LogP contribution >= 0.6 is 0 Å². The van der Waals surface area contributed by atoms with Gasteiger partial charge in [0.1, 0.15) is 5.75 Å². The van der Waals surface area contributed by atoms with Gasteiger partial charge in [0.2, 0.25) is 0 Å². The first-order valence-electron chi connectivity index (χ1n) is 6.75. The highest BCUT2D eigenvalue weighted by molar-refractivity contribution is 5.94. The van der Waals surface area contributed by atoms with Crippen LogP contribution in [0.5, 0.6) is 5.75 Å². The lowest BCUT2D eigenvalue weighted by Gasteiger charge is -2.16. The van der Waals surface area contributed by atoms with Crippen LogP contribution in [-0.2, 0) is 0 Å². The van der Waals surface area contributed by atoms with Crippen LogP contribution in [0, 0.1) is 5.92 Å². The van der Waals surface area contributed by atoms with Gasteiger partial charge in [0, 0.05) is 11.6 Å². The summed E-state index contributed by atoms with van der Waals surface area (Å²) < 4.78 is 0. The maximum atomic E-state index is 12.0. The first-order valence-corrected chi connectivity index (χ1v) is 6.75. The van der Waals surface area contributed by atoms with E-state index in [0.29, 0.717) is 11.6 Å². The molecular weight excluding hydrogens is 226 g/mol. The standard InChI is InChI=1S/C15H21NO2/c1-11-3-2-4-13(8-5-11)16-15(18)12-6-9-14(17)10-7-12/h6-7,9-11,13,17H,2-5,8H2,1H3,(H,16,18). The van der Waals surface area contributed by atoms with Crippen LogP contribution in [0.15, 0.2) is 24.3 Å². The van der Waals surface area contributed by atoms with Gasteiger partial charge in [-0.3, -0.25) is 4.79 Å². The molecule has 2 atom stereocenters. The first kappa shape index (κ1) is 12.9. The number of carbonyl (C=O) groups excluding carboxylic acids is 1. The minimum Gasteiger partial charge on any atom is -0.508 e. The minimum atomic E-state index is -0.0328. The van der Waals surface area contributed by atoms with Crippen molar-refractivity contribution in [3.8, 4) is 5.75 Å². The Hall–Kier alpha value is -1.51. The van der Waals surface area contributed by atoms with Crippen molar-refractivity contribution in [2.75, 3.05) is 0 Å². The number of hydrogen-bond donors (Lipinski definition) is 2. The van der Waals surface area contributed by atoms with Gasteiger partial charge in [0.25, 0.3) is 5.91 Å². The van der Waals surface area contributed by atoms with Gasteiger partial charge in [-0.25, -0.2) is 0 Å². The number of carbonyl (C=O) groups is 1. The Kier molecular flexibility index (Phi) is 4.24. The molecule has 1 aliphatic carbocycles. The maximum absolute atomic E-state index is 12.0. The van der Waals surface area contributed by atoms with Crippen molar-refractivity contribution < 1.29 is 9.90 Å². The van der Waals surface area contributed by atoms with Crippen LogP contribution in [0.2, 0.25) is 0 Å². The van der Waals surface area contributed by atoms with Gasteiger partial charge in [0.15, 0.2) is 0 Å². The van der Waals surface area contributed by atoms with Crippen LogP contribution in [0.1, 0.15) is 49.4 Å². The van der Waals surface area contributed by atoms with Crippen molar-refractivity contribution in [2.45, 2.75) is 45.1 Å². The number of benzene rings is 1. The smallest absolute Gasteiger partial charge is 0.251 e. The molecule has 2 rings (SSSR count). The molecule has 1 aromatic carbocycles. The van der Waals surface area contributed by atoms with E-state index in [1.165, 1.54) is 19.3 Å². The monoisotopic (exact) mass is 247 g/mol. The van der Waals surface area contributed by atoms with E-state index >= 15 is 0 Å². The van der Waals surface area contributed by atoms with Gasteiger partial charge < -0.3 is 10.4 Å². The molecule has 2 unspecified atom stereocenters. The van der Waals surface area contributed by atoms with Crippen molar-refractivity contribution in [2.24, 2.45) is 5.92 Å². The summed E-state index contributed by atoms with van der Waals surface area (Å²) in [5.74, 6) is 0.935. The second-order valence-corrected chi connectivity index (χ2v) is 5.33. The molecule has 1 fully saturated rings. The normalized spacial score (nSPS) is 24.3. The predicted octanol–water partition coefficient (Wildman–Crippen LogP) is 3.09. The van der Waals surface area contributed by atoms with E-state index in [1.807, 2.05) is 0 Å². The number of hydrogen-bond acceptors (Lipinski definition) is 2. The predicted molar refractivity (Wildman–Crippen MR) is 71.6 cm³/mol. The number of phenolic OH excluding ortho intramolecular Hbond substituents is 1. The zero-order chi connectivity index (χ0) is 13.0. The highest BCUT2D eigenvalue weighted by atomic mass is 16.3. The molecule has 0 spiro atoms. The van der Waals surface area contributed by atoms with Gasteiger partial charge in [-0.2, -0.15) is 0 Å². The summed E-state index contributed by atoms with van der Waals surface area (Å²) in [6.07, 6.45) is 5.81. The van der Waals surface area contributed by atoms with E-state index in [4.69, 9.17) is 0 Å². The van der Waals surface area contributed by atoms with E-state index in [0.717, 1.165) is 18.8 Å². The summed E-state index contributed by atoms with van der Waals surface area (Å²) in [7, 11) is 0. The summed E-state index contributed by atoms with van der Waals surface area (Å²) in [4.78, 5) is 12.0. The van der Waals surface area contributed by atoms with E-state index in [1.54, 1.807) is 24.3 Å². The summed E-state index contributed by atoms with van der Waals surface area (Å²) in [5, 5.41) is 12.3. The lowest BCUT2D eigenvalue weighted by atomic mass is 10.0. The largest absolute Gasteiger partial charge is 0.508 e. The van der Waals surface area contributed by atoms with Crippen molar-refractivity contribution in [1.82, 2.24) is 5.32 Å². The van der Waals surface area contributed by atoms with Crippen LogP contribution in [0.4, 0.5) is 0 Å². The van der Waals surface area contributed by atoms with E-state index in [-0.39, 0.29) is 11.7 Å². The number of aromatic hydroxyl groups is 1. The van der Waals surface area contributed by atoms with E-state index in [2.05, 4.69) is 12.2 Å². The van der Waals surface area contributed by atoms with Gasteiger partial charge in [-0.1, -0.05) is 19.8 Å².